The molecular weight excluding hydrogens is 1140 g/mol. The second-order valence-electron chi connectivity index (χ2n) is 30.6. The van der Waals surface area contributed by atoms with E-state index in [9.17, 15) is 0 Å². The van der Waals surface area contributed by atoms with Gasteiger partial charge in [0.1, 0.15) is 0 Å². The van der Waals surface area contributed by atoms with Crippen LogP contribution < -0.4 is 9.80 Å². The van der Waals surface area contributed by atoms with Crippen molar-refractivity contribution >= 4 is 132 Å². The first kappa shape index (κ1) is 57.5. The maximum atomic E-state index is 2.61. The summed E-state index contributed by atoms with van der Waals surface area (Å²) < 4.78 is 5.23. The van der Waals surface area contributed by atoms with Crippen LogP contribution in [0.4, 0.5) is 34.1 Å². The van der Waals surface area contributed by atoms with E-state index in [-0.39, 0.29) is 21.7 Å². The Bertz CT molecular complexity index is 5520. The summed E-state index contributed by atoms with van der Waals surface area (Å²) in [5.74, 6) is 0. The van der Waals surface area contributed by atoms with Crippen LogP contribution in [0.3, 0.4) is 0 Å². The number of benzene rings is 13. The van der Waals surface area contributed by atoms with Gasteiger partial charge in [0.15, 0.2) is 0 Å². The van der Waals surface area contributed by atoms with Gasteiger partial charge in [0.2, 0.25) is 0 Å². The second-order valence-corrected chi connectivity index (χ2v) is 30.6. The van der Waals surface area contributed by atoms with E-state index in [2.05, 4.69) is 356 Å². The molecule has 17 aromatic rings. The standard InChI is InChI=1S/C90H78N4/c1-87(2,3)57-37-43-75(69(49-57)65-35-23-27-55-25-19-21-33-63(55)65)91(61-29-15-13-16-30-61)79-47-41-67-71-53-82-72(54-81(71)93-77-45-39-59(89(7,8)9)51-73(77)83(79)85(67)93)68-42-48-80(84-74-52-60(90(10,11)12)40-46-78(74)94(82)86(68)84)92(62-31-17-14-18-32-62)76-44-38-58(88(4,5)6)50-70(76)66-36-24-28-56-26-20-22-34-64(56)66/h13-54H,1-12H3. The van der Waals surface area contributed by atoms with Gasteiger partial charge in [-0.15, -0.1) is 0 Å². The van der Waals surface area contributed by atoms with E-state index in [1.807, 2.05) is 0 Å². The second kappa shape index (κ2) is 20.5. The Morgan fingerprint density at radius 2 is 0.574 bits per heavy atom. The van der Waals surface area contributed by atoms with Gasteiger partial charge < -0.3 is 18.6 Å². The number of fused-ring (bicyclic) bond motifs is 14. The van der Waals surface area contributed by atoms with Crippen LogP contribution in [-0.4, -0.2) is 8.80 Å². The van der Waals surface area contributed by atoms with Gasteiger partial charge in [0.25, 0.3) is 0 Å². The molecule has 0 unspecified atom stereocenters. The number of rotatable bonds is 8. The number of aromatic nitrogens is 2. The van der Waals surface area contributed by atoms with E-state index in [0.29, 0.717) is 0 Å². The molecule has 94 heavy (non-hydrogen) atoms. The van der Waals surface area contributed by atoms with Crippen molar-refractivity contribution in [1.82, 2.24) is 8.80 Å². The van der Waals surface area contributed by atoms with E-state index in [1.54, 1.807) is 0 Å². The molecule has 0 saturated heterocycles. The average molecular weight is 1220 g/mol. The van der Waals surface area contributed by atoms with E-state index in [1.165, 1.54) is 142 Å². The van der Waals surface area contributed by atoms with Gasteiger partial charge in [0.05, 0.1) is 55.8 Å². The summed E-state index contributed by atoms with van der Waals surface area (Å²) in [7, 11) is 0. The molecule has 0 aliphatic heterocycles. The topological polar surface area (TPSA) is 15.3 Å². The van der Waals surface area contributed by atoms with Gasteiger partial charge in [-0.2, -0.15) is 0 Å². The van der Waals surface area contributed by atoms with Crippen molar-refractivity contribution < 1.29 is 0 Å². The number of anilines is 6. The van der Waals surface area contributed by atoms with Crippen molar-refractivity contribution in [2.24, 2.45) is 0 Å². The van der Waals surface area contributed by atoms with Crippen molar-refractivity contribution in [3.63, 3.8) is 0 Å². The number of hydrogen-bond acceptors (Lipinski definition) is 2. The molecule has 0 aliphatic rings. The zero-order valence-electron chi connectivity index (χ0n) is 56.0. The Morgan fingerprint density at radius 3 is 0.968 bits per heavy atom. The van der Waals surface area contributed by atoms with Gasteiger partial charge >= 0.3 is 0 Å². The molecule has 0 atom stereocenters. The number of nitrogens with zero attached hydrogens (tertiary/aromatic N) is 4. The summed E-state index contributed by atoms with van der Waals surface area (Å²) in [5, 5.41) is 14.9. The molecule has 0 bridgehead atoms. The van der Waals surface area contributed by atoms with Crippen LogP contribution in [0.2, 0.25) is 0 Å². The van der Waals surface area contributed by atoms with E-state index in [0.717, 1.165) is 34.1 Å². The molecule has 4 nitrogen and oxygen atoms in total. The smallest absolute Gasteiger partial charge is 0.0641 e. The third kappa shape index (κ3) is 8.78. The fourth-order valence-corrected chi connectivity index (χ4v) is 15.6. The highest BCUT2D eigenvalue weighted by Gasteiger charge is 2.32. The predicted octanol–water partition coefficient (Wildman–Crippen LogP) is 25.8. The molecule has 0 saturated carbocycles. The molecule has 0 aliphatic carbocycles. The Morgan fingerprint density at radius 1 is 0.234 bits per heavy atom. The molecule has 0 fully saturated rings. The largest absolute Gasteiger partial charge is 0.309 e. The lowest BCUT2D eigenvalue weighted by Crippen LogP contribution is -2.15. The first-order valence-electron chi connectivity index (χ1n) is 33.6. The van der Waals surface area contributed by atoms with Crippen LogP contribution in [0.1, 0.15) is 105 Å². The van der Waals surface area contributed by atoms with Gasteiger partial charge in [-0.1, -0.05) is 241 Å². The van der Waals surface area contributed by atoms with Crippen LogP contribution in [0.15, 0.2) is 255 Å². The SMILES string of the molecule is CC(C)(C)c1ccc(N(c2ccccc2)c2ccc3c4cc5c(cc4n4c6ccc(C(C)(C)C)cc6c2c34)c2ccc(N(c3ccccc3)c3ccc(C(C)(C)C)cc3-c3cccc4ccccc34)c3c4cc(C(C)(C)C)ccc4n5c23)c(-c2cccc3ccccc23)c1. The molecular formula is C90H78N4. The number of para-hydroxylation sites is 2. The lowest BCUT2D eigenvalue weighted by molar-refractivity contribution is 0.590. The normalized spacial score (nSPS) is 12.9. The molecule has 458 valence electrons. The monoisotopic (exact) mass is 1210 g/mol. The van der Waals surface area contributed by atoms with Crippen molar-refractivity contribution in [3.05, 3.63) is 277 Å². The first-order chi connectivity index (χ1) is 45.2. The van der Waals surface area contributed by atoms with Crippen LogP contribution in [0, 0.1) is 0 Å². The van der Waals surface area contributed by atoms with Crippen molar-refractivity contribution in [1.29, 1.82) is 0 Å². The maximum Gasteiger partial charge on any atom is 0.0641 e. The quantitative estimate of drug-likeness (QED) is 0.151. The molecule has 0 N–H and O–H groups in total. The Hall–Kier alpha value is -10.4. The average Bonchev–Trinajstić information content (AvgIpc) is 1.51. The third-order valence-corrected chi connectivity index (χ3v) is 20.6. The lowest BCUT2D eigenvalue weighted by Gasteiger charge is -2.31. The fraction of sp³-hybridized carbons (Fsp3) is 0.178. The summed E-state index contributed by atoms with van der Waals surface area (Å²) in [4.78, 5) is 5.12. The minimum atomic E-state index is -0.0858. The highest BCUT2D eigenvalue weighted by atomic mass is 15.2. The maximum absolute atomic E-state index is 2.61. The molecule has 0 spiro atoms. The van der Waals surface area contributed by atoms with E-state index >= 15 is 0 Å². The van der Waals surface area contributed by atoms with Crippen molar-refractivity contribution in [2.45, 2.75) is 105 Å². The predicted molar refractivity (Wildman–Crippen MR) is 406 cm³/mol. The zero-order chi connectivity index (χ0) is 64.5. The fourth-order valence-electron chi connectivity index (χ4n) is 15.6. The molecule has 4 heterocycles. The van der Waals surface area contributed by atoms with Crippen LogP contribution >= 0.6 is 0 Å². The molecule has 17 rings (SSSR count). The lowest BCUT2D eigenvalue weighted by atomic mass is 9.84. The Labute approximate surface area is 551 Å². The first-order valence-corrected chi connectivity index (χ1v) is 33.6. The molecule has 0 amide bonds. The van der Waals surface area contributed by atoms with Crippen molar-refractivity contribution in [3.8, 4) is 22.3 Å². The highest BCUT2D eigenvalue weighted by molar-refractivity contribution is 6.32. The summed E-state index contributed by atoms with van der Waals surface area (Å²) in [6.07, 6.45) is 0. The van der Waals surface area contributed by atoms with Crippen molar-refractivity contribution in [2.75, 3.05) is 9.80 Å². The third-order valence-electron chi connectivity index (χ3n) is 20.6. The summed E-state index contributed by atoms with van der Waals surface area (Å²) in [6.45, 7) is 28.0. The van der Waals surface area contributed by atoms with E-state index in [4.69, 9.17) is 0 Å². The molecule has 0 radical (unpaired) electrons. The van der Waals surface area contributed by atoms with Crippen LogP contribution in [0.5, 0.6) is 0 Å². The summed E-state index contributed by atoms with van der Waals surface area (Å²) in [6, 6.07) is 97.3. The van der Waals surface area contributed by atoms with Gasteiger partial charge in [-0.25, -0.2) is 0 Å². The minimum Gasteiger partial charge on any atom is -0.309 e. The highest BCUT2D eigenvalue weighted by Crippen LogP contribution is 2.55. The minimum absolute atomic E-state index is 0.0765. The summed E-state index contributed by atoms with van der Waals surface area (Å²) >= 11 is 0. The molecule has 13 aromatic carbocycles. The molecule has 4 aromatic heterocycles. The Kier molecular flexibility index (Phi) is 12.6. The van der Waals surface area contributed by atoms with Gasteiger partial charge in [-0.05, 0) is 174 Å². The van der Waals surface area contributed by atoms with Gasteiger partial charge in [-0.3, -0.25) is 0 Å². The summed E-state index contributed by atoms with van der Waals surface area (Å²) in [5.41, 5.74) is 23.8. The zero-order valence-corrected chi connectivity index (χ0v) is 56.0. The van der Waals surface area contributed by atoms with Crippen LogP contribution in [-0.2, 0) is 21.7 Å². The molecule has 4 heteroatoms. The van der Waals surface area contributed by atoms with E-state index < -0.39 is 0 Å². The number of hydrogen-bond donors (Lipinski definition) is 0. The Balaban J connectivity index is 0.966. The van der Waals surface area contributed by atoms with Gasteiger partial charge in [0, 0.05) is 65.6 Å². The van der Waals surface area contributed by atoms with Crippen LogP contribution in [0.25, 0.3) is 120 Å².